The molecule has 3 aromatic carbocycles. The van der Waals surface area contributed by atoms with Crippen LogP contribution in [0.4, 0.5) is 0 Å². The number of hydrogen-bond acceptors (Lipinski definition) is 3. The average Bonchev–Trinajstić information content (AvgIpc) is 2.76. The van der Waals surface area contributed by atoms with E-state index in [1.165, 1.54) is 0 Å². The summed E-state index contributed by atoms with van der Waals surface area (Å²) in [5.74, 6) is -0.0836. The summed E-state index contributed by atoms with van der Waals surface area (Å²) in [5, 5.41) is 11.0. The van der Waals surface area contributed by atoms with Gasteiger partial charge in [-0.2, -0.15) is 0 Å². The van der Waals surface area contributed by atoms with Crippen LogP contribution in [0.15, 0.2) is 91.0 Å². The largest absolute Gasteiger partial charge is 0.386 e. The Balaban J connectivity index is 1.53. The van der Waals surface area contributed by atoms with Crippen molar-refractivity contribution in [2.24, 2.45) is 0 Å². The molecule has 1 heterocycles. The first-order valence-electron chi connectivity index (χ1n) is 9.47. The predicted molar refractivity (Wildman–Crippen MR) is 107 cm³/mol. The van der Waals surface area contributed by atoms with Gasteiger partial charge in [-0.1, -0.05) is 91.0 Å². The molecule has 3 atom stereocenters. The Morgan fingerprint density at radius 1 is 0.821 bits per heavy atom. The topological polar surface area (TPSA) is 49.8 Å². The molecule has 4 heteroatoms. The molecule has 1 aliphatic heterocycles. The Morgan fingerprint density at radius 2 is 1.36 bits per heavy atom. The Morgan fingerprint density at radius 3 is 1.96 bits per heavy atom. The van der Waals surface area contributed by atoms with Gasteiger partial charge in [-0.05, 0) is 16.7 Å². The lowest BCUT2D eigenvalue weighted by Gasteiger charge is -2.48. The van der Waals surface area contributed by atoms with E-state index in [4.69, 9.17) is 4.74 Å². The zero-order chi connectivity index (χ0) is 19.3. The summed E-state index contributed by atoms with van der Waals surface area (Å²) in [5.41, 5.74) is 2.82. The lowest BCUT2D eigenvalue weighted by molar-refractivity contribution is -0.189. The number of carbonyl (C=O) groups excluding carboxylic acids is 1. The highest BCUT2D eigenvalue weighted by Crippen LogP contribution is 2.35. The second kappa shape index (κ2) is 8.38. The normalized spacial score (nSPS) is 19.9. The first-order chi connectivity index (χ1) is 13.7. The van der Waals surface area contributed by atoms with E-state index in [0.717, 1.165) is 16.7 Å². The van der Waals surface area contributed by atoms with Crippen molar-refractivity contribution in [3.8, 4) is 0 Å². The minimum Gasteiger partial charge on any atom is -0.386 e. The maximum absolute atomic E-state index is 12.8. The molecule has 0 unspecified atom stereocenters. The minimum absolute atomic E-state index is 0.0836. The monoisotopic (exact) mass is 373 g/mol. The number of rotatable bonds is 7. The first-order valence-corrected chi connectivity index (χ1v) is 9.47. The van der Waals surface area contributed by atoms with Crippen LogP contribution in [0.25, 0.3) is 0 Å². The number of ether oxygens (including phenoxy) is 1. The van der Waals surface area contributed by atoms with Gasteiger partial charge < -0.3 is 14.7 Å². The van der Waals surface area contributed by atoms with E-state index < -0.39 is 18.2 Å². The Kier molecular flexibility index (Phi) is 5.51. The van der Waals surface area contributed by atoms with Crippen LogP contribution in [0.1, 0.15) is 22.8 Å². The van der Waals surface area contributed by atoms with Crippen molar-refractivity contribution in [3.05, 3.63) is 108 Å². The summed E-state index contributed by atoms with van der Waals surface area (Å²) in [6, 6.07) is 28.6. The summed E-state index contributed by atoms with van der Waals surface area (Å²) in [4.78, 5) is 14.5. The van der Waals surface area contributed by atoms with E-state index in [1.54, 1.807) is 4.90 Å². The van der Waals surface area contributed by atoms with Crippen molar-refractivity contribution in [1.29, 1.82) is 0 Å². The molecule has 142 valence electrons. The highest BCUT2D eigenvalue weighted by molar-refractivity contribution is 5.88. The number of nitrogens with zero attached hydrogens (tertiary/aromatic N) is 1. The fraction of sp³-hybridized carbons (Fsp3) is 0.208. The number of likely N-dealkylation sites (tertiary alicyclic amines) is 1. The highest BCUT2D eigenvalue weighted by atomic mass is 16.5. The predicted octanol–water partition coefficient (Wildman–Crippen LogP) is 3.72. The van der Waals surface area contributed by atoms with Crippen LogP contribution >= 0.6 is 0 Å². The number of β-lactam (4-membered cyclic amide) rings is 1. The standard InChI is InChI=1S/C24H23NO3/c26-22(20-14-8-3-9-15-20)21-23(28-17-19-12-6-2-7-13-19)24(27)25(21)16-18-10-4-1-5-11-18/h1-15,21-23,26H,16-17H2/t21-,22-,23+/m0/s1. The quantitative estimate of drug-likeness (QED) is 0.642. The summed E-state index contributed by atoms with van der Waals surface area (Å²) in [6.07, 6.45) is -1.46. The maximum atomic E-state index is 12.8. The van der Waals surface area contributed by atoms with E-state index in [-0.39, 0.29) is 5.91 Å². The van der Waals surface area contributed by atoms with E-state index in [2.05, 4.69) is 0 Å². The number of carbonyl (C=O) groups is 1. The van der Waals surface area contributed by atoms with Crippen molar-refractivity contribution in [1.82, 2.24) is 4.90 Å². The maximum Gasteiger partial charge on any atom is 0.254 e. The molecule has 1 amide bonds. The molecule has 1 saturated heterocycles. The molecule has 0 aromatic heterocycles. The molecular weight excluding hydrogens is 350 g/mol. The lowest BCUT2D eigenvalue weighted by atomic mass is 9.88. The highest BCUT2D eigenvalue weighted by Gasteiger charge is 2.51. The molecule has 1 aliphatic rings. The van der Waals surface area contributed by atoms with Crippen molar-refractivity contribution in [2.75, 3.05) is 0 Å². The van der Waals surface area contributed by atoms with Crippen LogP contribution in [0.2, 0.25) is 0 Å². The molecule has 0 saturated carbocycles. The first kappa shape index (κ1) is 18.4. The number of aliphatic hydroxyl groups is 1. The fourth-order valence-corrected chi connectivity index (χ4v) is 3.61. The van der Waals surface area contributed by atoms with Gasteiger partial charge in [0, 0.05) is 6.54 Å². The summed E-state index contributed by atoms with van der Waals surface area (Å²) >= 11 is 0. The molecule has 0 spiro atoms. The number of aliphatic hydroxyl groups excluding tert-OH is 1. The van der Waals surface area contributed by atoms with Gasteiger partial charge in [0.25, 0.3) is 5.91 Å². The van der Waals surface area contributed by atoms with Gasteiger partial charge in [-0.15, -0.1) is 0 Å². The summed E-state index contributed by atoms with van der Waals surface area (Å²) in [6.45, 7) is 0.799. The van der Waals surface area contributed by atoms with Gasteiger partial charge in [0.05, 0.1) is 12.6 Å². The van der Waals surface area contributed by atoms with Crippen LogP contribution in [0.5, 0.6) is 0 Å². The van der Waals surface area contributed by atoms with Crippen LogP contribution in [-0.2, 0) is 22.7 Å². The van der Waals surface area contributed by atoms with E-state index in [9.17, 15) is 9.90 Å². The van der Waals surface area contributed by atoms with E-state index in [0.29, 0.717) is 13.2 Å². The molecular formula is C24H23NO3. The fourth-order valence-electron chi connectivity index (χ4n) is 3.61. The Hall–Kier alpha value is -2.95. The van der Waals surface area contributed by atoms with E-state index in [1.807, 2.05) is 91.0 Å². The molecule has 0 radical (unpaired) electrons. The zero-order valence-electron chi connectivity index (χ0n) is 15.5. The third-order valence-electron chi connectivity index (χ3n) is 5.13. The Labute approximate surface area is 165 Å². The van der Waals surface area contributed by atoms with Gasteiger partial charge >= 0.3 is 0 Å². The Bertz CT molecular complexity index is 899. The van der Waals surface area contributed by atoms with E-state index >= 15 is 0 Å². The number of hydrogen-bond donors (Lipinski definition) is 1. The second-order valence-corrected chi connectivity index (χ2v) is 7.02. The molecule has 4 nitrogen and oxygen atoms in total. The number of benzene rings is 3. The van der Waals surface area contributed by atoms with Crippen LogP contribution < -0.4 is 0 Å². The third kappa shape index (κ3) is 3.84. The van der Waals surface area contributed by atoms with Crippen molar-refractivity contribution < 1.29 is 14.6 Å². The molecule has 28 heavy (non-hydrogen) atoms. The summed E-state index contributed by atoms with van der Waals surface area (Å²) < 4.78 is 5.95. The van der Waals surface area contributed by atoms with Gasteiger partial charge in [-0.25, -0.2) is 0 Å². The molecule has 1 fully saturated rings. The summed E-state index contributed by atoms with van der Waals surface area (Å²) in [7, 11) is 0. The van der Waals surface area contributed by atoms with Gasteiger partial charge in [0.1, 0.15) is 6.10 Å². The lowest BCUT2D eigenvalue weighted by Crippen LogP contribution is -2.67. The molecule has 3 aromatic rings. The van der Waals surface area contributed by atoms with Gasteiger partial charge in [0.2, 0.25) is 0 Å². The van der Waals surface area contributed by atoms with Crippen LogP contribution in [0, 0.1) is 0 Å². The van der Waals surface area contributed by atoms with Crippen molar-refractivity contribution in [2.45, 2.75) is 31.4 Å². The number of amides is 1. The second-order valence-electron chi connectivity index (χ2n) is 7.02. The molecule has 1 N–H and O–H groups in total. The minimum atomic E-state index is -0.802. The zero-order valence-corrected chi connectivity index (χ0v) is 15.5. The van der Waals surface area contributed by atoms with Crippen LogP contribution in [0.3, 0.4) is 0 Å². The SMILES string of the molecule is O=C1[C@H](OCc2ccccc2)[C@H]([C@@H](O)c2ccccc2)N1Cc1ccccc1. The van der Waals surface area contributed by atoms with Crippen LogP contribution in [-0.4, -0.2) is 28.1 Å². The molecule has 0 bridgehead atoms. The molecule has 0 aliphatic carbocycles. The average molecular weight is 373 g/mol. The van der Waals surface area contributed by atoms with Crippen molar-refractivity contribution >= 4 is 5.91 Å². The van der Waals surface area contributed by atoms with Gasteiger partial charge in [0.15, 0.2) is 6.10 Å². The van der Waals surface area contributed by atoms with Crippen molar-refractivity contribution in [3.63, 3.8) is 0 Å². The smallest absolute Gasteiger partial charge is 0.254 e. The molecule has 4 rings (SSSR count). The third-order valence-corrected chi connectivity index (χ3v) is 5.13. The van der Waals surface area contributed by atoms with Gasteiger partial charge in [-0.3, -0.25) is 4.79 Å².